The van der Waals surface area contributed by atoms with E-state index in [9.17, 15) is 14.7 Å². The maximum Gasteiger partial charge on any atom is 0.329 e. The molecule has 0 aromatic carbocycles. The van der Waals surface area contributed by atoms with Crippen LogP contribution < -0.4 is 0 Å². The zero-order valence-corrected chi connectivity index (χ0v) is 10.5. The molecule has 1 fully saturated rings. The first kappa shape index (κ1) is 12.5. The van der Waals surface area contributed by atoms with Crippen LogP contribution in [0, 0.1) is 6.92 Å². The van der Waals surface area contributed by atoms with Crippen molar-refractivity contribution in [3.63, 3.8) is 0 Å². The molecule has 18 heavy (non-hydrogen) atoms. The number of aliphatic carboxylic acids is 1. The Morgan fingerprint density at radius 1 is 1.44 bits per heavy atom. The van der Waals surface area contributed by atoms with E-state index in [2.05, 4.69) is 4.98 Å². The van der Waals surface area contributed by atoms with Crippen LogP contribution in [0.25, 0.3) is 0 Å². The molecule has 0 aliphatic carbocycles. The molecular formula is C13H16N2O3. The van der Waals surface area contributed by atoms with Crippen molar-refractivity contribution in [1.82, 2.24) is 9.88 Å². The van der Waals surface area contributed by atoms with E-state index in [1.54, 1.807) is 32.0 Å². The highest BCUT2D eigenvalue weighted by Crippen LogP contribution is 2.30. The summed E-state index contributed by atoms with van der Waals surface area (Å²) < 4.78 is 0. The largest absolute Gasteiger partial charge is 0.480 e. The fraction of sp³-hybridized carbons (Fsp3) is 0.462. The lowest BCUT2D eigenvalue weighted by Gasteiger charge is -2.30. The van der Waals surface area contributed by atoms with Gasteiger partial charge in [0.2, 0.25) is 0 Å². The summed E-state index contributed by atoms with van der Waals surface area (Å²) >= 11 is 0. The molecule has 1 saturated heterocycles. The minimum atomic E-state index is -1.11. The molecule has 1 N–H and O–H groups in total. The van der Waals surface area contributed by atoms with E-state index in [-0.39, 0.29) is 5.91 Å². The normalized spacial score (nSPS) is 23.1. The molecule has 96 valence electrons. The van der Waals surface area contributed by atoms with E-state index in [0.717, 1.165) is 5.69 Å². The van der Waals surface area contributed by atoms with Crippen molar-refractivity contribution in [3.05, 3.63) is 29.6 Å². The number of carboxylic acids is 1. The van der Waals surface area contributed by atoms with Crippen LogP contribution in [-0.2, 0) is 4.79 Å². The highest BCUT2D eigenvalue weighted by Gasteiger charge is 2.46. The molecule has 2 rings (SSSR count). The van der Waals surface area contributed by atoms with Gasteiger partial charge in [0.1, 0.15) is 11.2 Å². The number of carboxylic acid groups (broad SMARTS) is 1. The van der Waals surface area contributed by atoms with Gasteiger partial charge in [-0.2, -0.15) is 0 Å². The third kappa shape index (κ3) is 1.96. The molecule has 1 aliphatic rings. The van der Waals surface area contributed by atoms with Gasteiger partial charge in [-0.1, -0.05) is 6.07 Å². The Hall–Kier alpha value is -1.91. The summed E-state index contributed by atoms with van der Waals surface area (Å²) in [6, 6.07) is 5.18. The van der Waals surface area contributed by atoms with E-state index < -0.39 is 11.5 Å². The van der Waals surface area contributed by atoms with Gasteiger partial charge in [0.15, 0.2) is 0 Å². The first-order valence-corrected chi connectivity index (χ1v) is 5.94. The van der Waals surface area contributed by atoms with Crippen molar-refractivity contribution in [2.45, 2.75) is 32.2 Å². The first-order chi connectivity index (χ1) is 8.45. The topological polar surface area (TPSA) is 70.5 Å². The highest BCUT2D eigenvalue weighted by atomic mass is 16.4. The Labute approximate surface area is 105 Å². The van der Waals surface area contributed by atoms with Crippen LogP contribution in [0.5, 0.6) is 0 Å². The van der Waals surface area contributed by atoms with Crippen LogP contribution in [0.3, 0.4) is 0 Å². The lowest BCUT2D eigenvalue weighted by molar-refractivity contribution is -0.147. The SMILES string of the molecule is Cc1cccc(C(=O)N2CCCC2(C)C(=O)O)n1. The maximum atomic E-state index is 12.3. The second-order valence-corrected chi connectivity index (χ2v) is 4.80. The average Bonchev–Trinajstić information content (AvgIpc) is 2.72. The molecule has 5 nitrogen and oxygen atoms in total. The number of hydrogen-bond acceptors (Lipinski definition) is 3. The van der Waals surface area contributed by atoms with Gasteiger partial charge in [-0.15, -0.1) is 0 Å². The number of aromatic nitrogens is 1. The fourth-order valence-electron chi connectivity index (χ4n) is 2.31. The summed E-state index contributed by atoms with van der Waals surface area (Å²) in [6.45, 7) is 3.87. The van der Waals surface area contributed by atoms with Gasteiger partial charge in [0.25, 0.3) is 5.91 Å². The van der Waals surface area contributed by atoms with Crippen molar-refractivity contribution in [3.8, 4) is 0 Å². The molecule has 1 atom stereocenters. The average molecular weight is 248 g/mol. The predicted octanol–water partition coefficient (Wildman–Crippen LogP) is 1.47. The third-order valence-corrected chi connectivity index (χ3v) is 3.45. The number of nitrogens with zero attached hydrogens (tertiary/aromatic N) is 2. The lowest BCUT2D eigenvalue weighted by atomic mass is 9.99. The molecule has 0 saturated carbocycles. The van der Waals surface area contributed by atoms with Crippen LogP contribution >= 0.6 is 0 Å². The minimum absolute atomic E-state index is 0.305. The number of carbonyl (C=O) groups excluding carboxylic acids is 1. The van der Waals surface area contributed by atoms with Gasteiger partial charge in [0, 0.05) is 12.2 Å². The minimum Gasteiger partial charge on any atom is -0.480 e. The molecule has 5 heteroatoms. The Bertz CT molecular complexity index is 501. The second kappa shape index (κ2) is 4.40. The lowest BCUT2D eigenvalue weighted by Crippen LogP contribution is -2.51. The van der Waals surface area contributed by atoms with Crippen LogP contribution in [0.15, 0.2) is 18.2 Å². The first-order valence-electron chi connectivity index (χ1n) is 5.94. The van der Waals surface area contributed by atoms with E-state index in [1.807, 2.05) is 0 Å². The maximum absolute atomic E-state index is 12.3. The molecule has 1 amide bonds. The molecule has 2 heterocycles. The highest BCUT2D eigenvalue weighted by molar-refractivity contribution is 5.96. The van der Waals surface area contributed by atoms with Crippen molar-refractivity contribution >= 4 is 11.9 Å². The number of aryl methyl sites for hydroxylation is 1. The number of carbonyl (C=O) groups is 2. The van der Waals surface area contributed by atoms with Crippen LogP contribution in [0.2, 0.25) is 0 Å². The summed E-state index contributed by atoms with van der Waals surface area (Å²) in [7, 11) is 0. The summed E-state index contributed by atoms with van der Waals surface area (Å²) in [5.74, 6) is -1.26. The number of pyridine rings is 1. The zero-order chi connectivity index (χ0) is 13.3. The molecule has 0 radical (unpaired) electrons. The number of amides is 1. The smallest absolute Gasteiger partial charge is 0.329 e. The molecule has 0 bridgehead atoms. The van der Waals surface area contributed by atoms with Gasteiger partial charge in [-0.25, -0.2) is 9.78 Å². The Morgan fingerprint density at radius 2 is 2.17 bits per heavy atom. The molecule has 1 unspecified atom stereocenters. The summed E-state index contributed by atoms with van der Waals surface area (Å²) in [4.78, 5) is 29.2. The number of rotatable bonds is 2. The van der Waals surface area contributed by atoms with Gasteiger partial charge >= 0.3 is 5.97 Å². The standard InChI is InChI=1S/C13H16N2O3/c1-9-5-3-6-10(14-9)11(16)15-8-4-7-13(15,2)12(17)18/h3,5-6H,4,7-8H2,1-2H3,(H,17,18). The van der Waals surface area contributed by atoms with Gasteiger partial charge in [-0.3, -0.25) is 4.79 Å². The van der Waals surface area contributed by atoms with Crippen molar-refractivity contribution in [1.29, 1.82) is 0 Å². The molecule has 0 spiro atoms. The zero-order valence-electron chi connectivity index (χ0n) is 10.5. The van der Waals surface area contributed by atoms with Gasteiger partial charge in [0.05, 0.1) is 0 Å². The molecule has 1 aromatic rings. The fourth-order valence-corrected chi connectivity index (χ4v) is 2.31. The number of hydrogen-bond donors (Lipinski definition) is 1. The van der Waals surface area contributed by atoms with Gasteiger partial charge in [-0.05, 0) is 38.8 Å². The summed E-state index contributed by atoms with van der Waals surface area (Å²) in [5.41, 5.74) is -0.0517. The monoisotopic (exact) mass is 248 g/mol. The second-order valence-electron chi connectivity index (χ2n) is 4.80. The summed E-state index contributed by atoms with van der Waals surface area (Å²) in [6.07, 6.45) is 1.19. The Kier molecular flexibility index (Phi) is 3.07. The molecular weight excluding hydrogens is 232 g/mol. The molecule has 1 aromatic heterocycles. The summed E-state index contributed by atoms with van der Waals surface area (Å²) in [5, 5.41) is 9.28. The van der Waals surface area contributed by atoms with E-state index in [4.69, 9.17) is 0 Å². The van der Waals surface area contributed by atoms with Crippen molar-refractivity contribution < 1.29 is 14.7 Å². The van der Waals surface area contributed by atoms with E-state index >= 15 is 0 Å². The number of likely N-dealkylation sites (tertiary alicyclic amines) is 1. The van der Waals surface area contributed by atoms with Gasteiger partial charge < -0.3 is 10.0 Å². The molecule has 1 aliphatic heterocycles. The van der Waals surface area contributed by atoms with Crippen LogP contribution in [-0.4, -0.2) is 39.0 Å². The van der Waals surface area contributed by atoms with E-state index in [1.165, 1.54) is 4.90 Å². The quantitative estimate of drug-likeness (QED) is 0.860. The Morgan fingerprint density at radius 3 is 2.78 bits per heavy atom. The van der Waals surface area contributed by atoms with Crippen LogP contribution in [0.1, 0.15) is 35.9 Å². The third-order valence-electron chi connectivity index (χ3n) is 3.45. The van der Waals surface area contributed by atoms with E-state index in [0.29, 0.717) is 25.1 Å². The Balaban J connectivity index is 2.32. The predicted molar refractivity (Wildman–Crippen MR) is 65.3 cm³/mol. The van der Waals surface area contributed by atoms with Crippen molar-refractivity contribution in [2.24, 2.45) is 0 Å². The van der Waals surface area contributed by atoms with Crippen LogP contribution in [0.4, 0.5) is 0 Å². The van der Waals surface area contributed by atoms with Crippen molar-refractivity contribution in [2.75, 3.05) is 6.54 Å².